The number of hydrogen-bond donors (Lipinski definition) is 1. The molecule has 1 N–H and O–H groups in total. The number of oxime groups is 1. The van der Waals surface area contributed by atoms with Gasteiger partial charge in [-0.15, -0.1) is 0 Å². The quantitative estimate of drug-likeness (QED) is 0.321. The Kier molecular flexibility index (Phi) is 7.21. The SMILES string of the molecule is COc1cccc(CN(CC2CC(c3ccccc3OC)=NO2)C(=O)Nc2cccc3ccccc23)c1. The number of carbonyl (C=O) groups is 1. The maximum atomic E-state index is 13.6. The van der Waals surface area contributed by atoms with Gasteiger partial charge in [0.15, 0.2) is 6.10 Å². The highest BCUT2D eigenvalue weighted by molar-refractivity contribution is 6.04. The van der Waals surface area contributed by atoms with Gasteiger partial charge in [-0.05, 0) is 41.3 Å². The van der Waals surface area contributed by atoms with Gasteiger partial charge < -0.3 is 24.5 Å². The van der Waals surface area contributed by atoms with Crippen LogP contribution in [0.15, 0.2) is 96.2 Å². The zero-order valence-electron chi connectivity index (χ0n) is 20.9. The van der Waals surface area contributed by atoms with Gasteiger partial charge in [-0.3, -0.25) is 0 Å². The van der Waals surface area contributed by atoms with Crippen LogP contribution in [0.2, 0.25) is 0 Å². The summed E-state index contributed by atoms with van der Waals surface area (Å²) < 4.78 is 10.9. The topological polar surface area (TPSA) is 72.4 Å². The van der Waals surface area contributed by atoms with Crippen LogP contribution in [0.25, 0.3) is 10.8 Å². The molecule has 37 heavy (non-hydrogen) atoms. The van der Waals surface area contributed by atoms with Crippen LogP contribution in [0.3, 0.4) is 0 Å². The van der Waals surface area contributed by atoms with Crippen molar-refractivity contribution < 1.29 is 19.1 Å². The molecule has 1 aliphatic heterocycles. The standard InChI is InChI=1S/C30H29N3O4/c1-35-23-12-7-9-21(17-23)19-33(30(34)31-27-15-8-11-22-10-3-4-13-25(22)27)20-24-18-28(32-37-24)26-14-5-6-16-29(26)36-2/h3-17,24H,18-20H2,1-2H3,(H,31,34). The van der Waals surface area contributed by atoms with Gasteiger partial charge >= 0.3 is 6.03 Å². The Morgan fingerprint density at radius 3 is 2.62 bits per heavy atom. The fourth-order valence-corrected chi connectivity index (χ4v) is 4.55. The minimum Gasteiger partial charge on any atom is -0.497 e. The Morgan fingerprint density at radius 1 is 0.973 bits per heavy atom. The zero-order chi connectivity index (χ0) is 25.6. The number of amides is 2. The Labute approximate surface area is 216 Å². The van der Waals surface area contributed by atoms with Crippen molar-refractivity contribution in [1.82, 2.24) is 4.90 Å². The predicted molar refractivity (Wildman–Crippen MR) is 145 cm³/mol. The molecule has 2 amide bonds. The molecule has 0 aromatic heterocycles. The summed E-state index contributed by atoms with van der Waals surface area (Å²) in [6.07, 6.45) is 0.278. The molecule has 1 unspecified atom stereocenters. The average Bonchev–Trinajstić information content (AvgIpc) is 3.41. The van der Waals surface area contributed by atoms with Crippen molar-refractivity contribution >= 4 is 28.2 Å². The Hall–Kier alpha value is -4.52. The normalized spacial score (nSPS) is 14.5. The van der Waals surface area contributed by atoms with Crippen molar-refractivity contribution in [3.8, 4) is 11.5 Å². The number of fused-ring (bicyclic) bond motifs is 1. The lowest BCUT2D eigenvalue weighted by Gasteiger charge is -2.26. The van der Waals surface area contributed by atoms with Crippen LogP contribution >= 0.6 is 0 Å². The van der Waals surface area contributed by atoms with E-state index in [0.29, 0.717) is 19.5 Å². The molecule has 0 aliphatic carbocycles. The Bertz CT molecular complexity index is 1430. The first-order valence-electron chi connectivity index (χ1n) is 12.2. The van der Waals surface area contributed by atoms with E-state index >= 15 is 0 Å². The summed E-state index contributed by atoms with van der Waals surface area (Å²) in [6, 6.07) is 29.1. The van der Waals surface area contributed by atoms with Crippen LogP contribution in [-0.2, 0) is 11.4 Å². The van der Waals surface area contributed by atoms with Crippen LogP contribution < -0.4 is 14.8 Å². The number of nitrogens with one attached hydrogen (secondary N) is 1. The van der Waals surface area contributed by atoms with E-state index in [0.717, 1.165) is 44.8 Å². The molecule has 1 heterocycles. The summed E-state index contributed by atoms with van der Waals surface area (Å²) in [6.45, 7) is 0.744. The number of hydrogen-bond acceptors (Lipinski definition) is 5. The fourth-order valence-electron chi connectivity index (χ4n) is 4.55. The van der Waals surface area contributed by atoms with Crippen molar-refractivity contribution in [2.45, 2.75) is 19.1 Å². The highest BCUT2D eigenvalue weighted by Crippen LogP contribution is 2.27. The number of methoxy groups -OCH3 is 2. The summed E-state index contributed by atoms with van der Waals surface area (Å²) in [5, 5.41) is 9.49. The lowest BCUT2D eigenvalue weighted by molar-refractivity contribution is 0.0608. The molecule has 7 heteroatoms. The van der Waals surface area contributed by atoms with Crippen LogP contribution in [-0.4, -0.2) is 43.5 Å². The van der Waals surface area contributed by atoms with Crippen LogP contribution in [0.1, 0.15) is 17.5 Å². The minimum atomic E-state index is -0.288. The molecule has 7 nitrogen and oxygen atoms in total. The first-order chi connectivity index (χ1) is 18.1. The lowest BCUT2D eigenvalue weighted by Crippen LogP contribution is -2.40. The number of ether oxygens (including phenoxy) is 2. The maximum absolute atomic E-state index is 13.6. The van der Waals surface area contributed by atoms with E-state index in [1.165, 1.54) is 0 Å². The van der Waals surface area contributed by atoms with Crippen molar-refractivity contribution in [2.75, 3.05) is 26.1 Å². The van der Waals surface area contributed by atoms with E-state index in [4.69, 9.17) is 14.3 Å². The van der Waals surface area contributed by atoms with E-state index in [-0.39, 0.29) is 12.1 Å². The number of benzene rings is 4. The van der Waals surface area contributed by atoms with E-state index in [9.17, 15) is 4.79 Å². The molecule has 0 radical (unpaired) electrons. The molecule has 0 fully saturated rings. The summed E-state index contributed by atoms with van der Waals surface area (Å²) in [5.74, 6) is 1.48. The molecule has 4 aromatic rings. The van der Waals surface area contributed by atoms with Crippen molar-refractivity contribution in [3.05, 3.63) is 102 Å². The number of anilines is 1. The molecule has 1 atom stereocenters. The lowest BCUT2D eigenvalue weighted by atomic mass is 10.0. The van der Waals surface area contributed by atoms with Crippen molar-refractivity contribution in [1.29, 1.82) is 0 Å². The second-order valence-electron chi connectivity index (χ2n) is 8.86. The van der Waals surface area contributed by atoms with Crippen molar-refractivity contribution in [2.24, 2.45) is 5.16 Å². The highest BCUT2D eigenvalue weighted by Gasteiger charge is 2.28. The van der Waals surface area contributed by atoms with Crippen LogP contribution in [0, 0.1) is 0 Å². The molecule has 0 spiro atoms. The van der Waals surface area contributed by atoms with Gasteiger partial charge in [0, 0.05) is 23.9 Å². The number of nitrogens with zero attached hydrogens (tertiary/aromatic N) is 2. The Morgan fingerprint density at radius 2 is 1.76 bits per heavy atom. The van der Waals surface area contributed by atoms with Gasteiger partial charge in [-0.25, -0.2) is 4.79 Å². The van der Waals surface area contributed by atoms with E-state index in [1.54, 1.807) is 19.1 Å². The minimum absolute atomic E-state index is 0.214. The van der Waals surface area contributed by atoms with Gasteiger partial charge in [0.2, 0.25) is 0 Å². The number of carbonyl (C=O) groups excluding carboxylic acids is 1. The first kappa shape index (κ1) is 24.2. The maximum Gasteiger partial charge on any atom is 0.322 e. The second-order valence-corrected chi connectivity index (χ2v) is 8.86. The molecule has 0 saturated carbocycles. The first-order valence-corrected chi connectivity index (χ1v) is 12.2. The summed E-state index contributed by atoms with van der Waals surface area (Å²) >= 11 is 0. The number of urea groups is 1. The molecule has 4 aromatic carbocycles. The van der Waals surface area contributed by atoms with E-state index < -0.39 is 0 Å². The third kappa shape index (κ3) is 5.51. The molecule has 5 rings (SSSR count). The zero-order valence-corrected chi connectivity index (χ0v) is 20.9. The smallest absolute Gasteiger partial charge is 0.322 e. The van der Waals surface area contributed by atoms with Crippen LogP contribution in [0.4, 0.5) is 10.5 Å². The summed E-state index contributed by atoms with van der Waals surface area (Å²) in [5.41, 5.74) is 3.42. The molecule has 188 valence electrons. The van der Waals surface area contributed by atoms with Gasteiger partial charge in [0.05, 0.1) is 32.2 Å². The molecule has 1 aliphatic rings. The molecular formula is C30H29N3O4. The fraction of sp³-hybridized carbons (Fsp3) is 0.200. The molecule has 0 saturated heterocycles. The van der Waals surface area contributed by atoms with Gasteiger partial charge in [0.25, 0.3) is 0 Å². The Balaban J connectivity index is 1.36. The van der Waals surface area contributed by atoms with Gasteiger partial charge in [-0.1, -0.05) is 65.8 Å². The highest BCUT2D eigenvalue weighted by atomic mass is 16.6. The van der Waals surface area contributed by atoms with Crippen LogP contribution in [0.5, 0.6) is 11.5 Å². The summed E-state index contributed by atoms with van der Waals surface area (Å²) in [7, 11) is 3.27. The van der Waals surface area contributed by atoms with Crippen molar-refractivity contribution in [3.63, 3.8) is 0 Å². The molecule has 0 bridgehead atoms. The second kappa shape index (κ2) is 11.0. The number of para-hydroxylation sites is 1. The average molecular weight is 496 g/mol. The van der Waals surface area contributed by atoms with Gasteiger partial charge in [-0.2, -0.15) is 0 Å². The third-order valence-electron chi connectivity index (χ3n) is 6.40. The number of rotatable bonds is 8. The monoisotopic (exact) mass is 495 g/mol. The largest absolute Gasteiger partial charge is 0.497 e. The predicted octanol–water partition coefficient (Wildman–Crippen LogP) is 6.08. The van der Waals surface area contributed by atoms with E-state index in [2.05, 4.69) is 10.5 Å². The molecular weight excluding hydrogens is 466 g/mol. The third-order valence-corrected chi connectivity index (χ3v) is 6.40. The van der Waals surface area contributed by atoms with Gasteiger partial charge in [0.1, 0.15) is 11.5 Å². The summed E-state index contributed by atoms with van der Waals surface area (Å²) in [4.78, 5) is 21.2. The van der Waals surface area contributed by atoms with E-state index in [1.807, 2.05) is 91.0 Å².